The van der Waals surface area contributed by atoms with Crippen LogP contribution in [0.1, 0.15) is 107 Å². The summed E-state index contributed by atoms with van der Waals surface area (Å²) >= 11 is -2.00. The normalized spacial score (nSPS) is 14.0. The molecule has 144 valence electrons. The van der Waals surface area contributed by atoms with E-state index >= 15 is 0 Å². The first-order valence-corrected chi connectivity index (χ1v) is 19.0. The van der Waals surface area contributed by atoms with Crippen molar-refractivity contribution in [3.63, 3.8) is 0 Å². The Bertz CT molecular complexity index is 329. The van der Waals surface area contributed by atoms with Gasteiger partial charge in [-0.25, -0.2) is 0 Å². The molecule has 0 aliphatic carbocycles. The summed E-state index contributed by atoms with van der Waals surface area (Å²) in [5.41, 5.74) is 3.97. The fourth-order valence-electron chi connectivity index (χ4n) is 4.00. The minimum atomic E-state index is -2.00. The number of hydrogen-bond donors (Lipinski definition) is 0. The third kappa shape index (κ3) is 9.88. The second-order valence-corrected chi connectivity index (χ2v) is 23.1. The van der Waals surface area contributed by atoms with Gasteiger partial charge in [-0.15, -0.1) is 0 Å². The van der Waals surface area contributed by atoms with Crippen molar-refractivity contribution >= 4 is 18.4 Å². The molecule has 0 aromatic heterocycles. The maximum absolute atomic E-state index is 2.48. The van der Waals surface area contributed by atoms with Crippen molar-refractivity contribution in [2.75, 3.05) is 0 Å². The molecule has 0 saturated heterocycles. The first kappa shape index (κ1) is 24.5. The van der Waals surface area contributed by atoms with Gasteiger partial charge in [0, 0.05) is 0 Å². The van der Waals surface area contributed by atoms with Gasteiger partial charge in [0.25, 0.3) is 0 Å². The van der Waals surface area contributed by atoms with Crippen LogP contribution in [0.15, 0.2) is 11.1 Å². The Balaban J connectivity index is 5.28. The van der Waals surface area contributed by atoms with Gasteiger partial charge in [-0.2, -0.15) is 0 Å². The van der Waals surface area contributed by atoms with Gasteiger partial charge >= 0.3 is 159 Å². The van der Waals surface area contributed by atoms with Crippen molar-refractivity contribution in [1.29, 1.82) is 0 Å². The molecule has 0 aliphatic heterocycles. The molecule has 0 rings (SSSR count). The fourth-order valence-corrected chi connectivity index (χ4v) is 21.2. The number of allylic oxidation sites excluding steroid dienone is 2. The molecule has 0 bridgehead atoms. The summed E-state index contributed by atoms with van der Waals surface area (Å²) in [5, 5.41) is 0. The number of hydrogen-bond acceptors (Lipinski definition) is 0. The van der Waals surface area contributed by atoms with Gasteiger partial charge < -0.3 is 0 Å². The van der Waals surface area contributed by atoms with Gasteiger partial charge in [-0.1, -0.05) is 0 Å². The van der Waals surface area contributed by atoms with Gasteiger partial charge in [0.15, 0.2) is 0 Å². The Morgan fingerprint density at radius 1 is 0.708 bits per heavy atom. The van der Waals surface area contributed by atoms with Gasteiger partial charge in [0.05, 0.1) is 0 Å². The van der Waals surface area contributed by atoms with E-state index in [-0.39, 0.29) is 0 Å². The quantitative estimate of drug-likeness (QED) is 0.186. The summed E-state index contributed by atoms with van der Waals surface area (Å²) in [4.78, 5) is 0. The van der Waals surface area contributed by atoms with Crippen LogP contribution in [0.5, 0.6) is 0 Å². The van der Waals surface area contributed by atoms with Crippen molar-refractivity contribution in [3.05, 3.63) is 11.1 Å². The van der Waals surface area contributed by atoms with Crippen molar-refractivity contribution in [3.8, 4) is 0 Å². The first-order chi connectivity index (χ1) is 11.3. The van der Waals surface area contributed by atoms with E-state index in [0.717, 1.165) is 0 Å². The zero-order valence-electron chi connectivity index (χ0n) is 18.5. The van der Waals surface area contributed by atoms with E-state index in [9.17, 15) is 0 Å². The van der Waals surface area contributed by atoms with E-state index in [2.05, 4.69) is 55.4 Å². The van der Waals surface area contributed by atoms with Gasteiger partial charge in [-0.3, -0.25) is 0 Å². The van der Waals surface area contributed by atoms with Crippen molar-refractivity contribution < 1.29 is 0 Å². The zero-order chi connectivity index (χ0) is 18.6. The molecule has 0 amide bonds. The average Bonchev–Trinajstić information content (AvgIpc) is 2.55. The molecular formula is C23H48Sn. The van der Waals surface area contributed by atoms with Crippen LogP contribution in [0.4, 0.5) is 0 Å². The SMILES string of the molecule is CCC[CH2][Sn]([CH2]CCC)([CH2]CCC)[CH2]/C(C)=C(\C)CC(C)(C)CC. The number of rotatable bonds is 14. The van der Waals surface area contributed by atoms with E-state index in [1.807, 2.05) is 0 Å². The monoisotopic (exact) mass is 444 g/mol. The van der Waals surface area contributed by atoms with Crippen LogP contribution in [0, 0.1) is 5.41 Å². The average molecular weight is 443 g/mol. The van der Waals surface area contributed by atoms with E-state index in [0.29, 0.717) is 5.41 Å². The predicted octanol–water partition coefficient (Wildman–Crippen LogP) is 9.00. The summed E-state index contributed by atoms with van der Waals surface area (Å²) in [6.45, 7) is 19.3. The Morgan fingerprint density at radius 3 is 1.46 bits per heavy atom. The molecule has 0 radical (unpaired) electrons. The Labute approximate surface area is 159 Å². The van der Waals surface area contributed by atoms with Gasteiger partial charge in [0.2, 0.25) is 0 Å². The number of unbranched alkanes of at least 4 members (excludes halogenated alkanes) is 3. The molecule has 24 heavy (non-hydrogen) atoms. The van der Waals surface area contributed by atoms with Crippen LogP contribution in [0.25, 0.3) is 0 Å². The van der Waals surface area contributed by atoms with Crippen LogP contribution >= 0.6 is 0 Å². The maximum atomic E-state index is 2.48. The second-order valence-electron chi connectivity index (χ2n) is 9.24. The summed E-state index contributed by atoms with van der Waals surface area (Å²) in [6, 6.07) is 0. The molecule has 0 spiro atoms. The molecular weight excluding hydrogens is 395 g/mol. The summed E-state index contributed by atoms with van der Waals surface area (Å²) in [6.07, 6.45) is 11.2. The molecule has 0 aliphatic rings. The van der Waals surface area contributed by atoms with Gasteiger partial charge in [0.1, 0.15) is 0 Å². The van der Waals surface area contributed by atoms with Crippen molar-refractivity contribution in [2.24, 2.45) is 5.41 Å². The van der Waals surface area contributed by atoms with Crippen LogP contribution in [0.2, 0.25) is 17.7 Å². The Hall–Kier alpha value is 0.539. The summed E-state index contributed by atoms with van der Waals surface area (Å²) in [7, 11) is 0. The van der Waals surface area contributed by atoms with Crippen LogP contribution in [-0.2, 0) is 0 Å². The van der Waals surface area contributed by atoms with E-state index in [1.54, 1.807) is 28.9 Å². The van der Waals surface area contributed by atoms with Crippen LogP contribution in [-0.4, -0.2) is 18.4 Å². The second kappa shape index (κ2) is 12.8. The summed E-state index contributed by atoms with van der Waals surface area (Å²) < 4.78 is 6.49. The Kier molecular flexibility index (Phi) is 13.1. The fraction of sp³-hybridized carbons (Fsp3) is 0.913. The third-order valence-corrected chi connectivity index (χ3v) is 22.0. The van der Waals surface area contributed by atoms with Crippen molar-refractivity contribution in [2.45, 2.75) is 125 Å². The molecule has 0 unspecified atom stereocenters. The Morgan fingerprint density at radius 2 is 1.12 bits per heavy atom. The molecule has 1 heteroatoms. The first-order valence-electron chi connectivity index (χ1n) is 10.9. The van der Waals surface area contributed by atoms with E-state index in [1.165, 1.54) is 51.4 Å². The van der Waals surface area contributed by atoms with Gasteiger partial charge in [-0.05, 0) is 0 Å². The third-order valence-electron chi connectivity index (χ3n) is 6.25. The molecule has 0 aromatic rings. The van der Waals surface area contributed by atoms with Crippen LogP contribution in [0.3, 0.4) is 0 Å². The zero-order valence-corrected chi connectivity index (χ0v) is 21.3. The van der Waals surface area contributed by atoms with Crippen molar-refractivity contribution in [1.82, 2.24) is 0 Å². The van der Waals surface area contributed by atoms with E-state index < -0.39 is 18.4 Å². The molecule has 0 heterocycles. The molecule has 0 atom stereocenters. The minimum absolute atomic E-state index is 0.472. The molecule has 0 N–H and O–H groups in total. The molecule has 0 aromatic carbocycles. The molecule has 0 saturated carbocycles. The topological polar surface area (TPSA) is 0 Å². The molecule has 0 nitrogen and oxygen atoms in total. The predicted molar refractivity (Wildman–Crippen MR) is 117 cm³/mol. The molecule has 0 fully saturated rings. The van der Waals surface area contributed by atoms with E-state index in [4.69, 9.17) is 0 Å². The standard InChI is InChI=1S/C11H21.3C4H9.Sn/c1-7-11(5,6)8-10(4)9(2)3;3*1-3-4-2;/h2,7-8H2,1,3-6H3;3*1,3-4H2,2H3;/b10-9-;;;;. The summed E-state index contributed by atoms with van der Waals surface area (Å²) in [5.74, 6) is 0. The van der Waals surface area contributed by atoms with Crippen LogP contribution < -0.4 is 0 Å².